The second-order valence-electron chi connectivity index (χ2n) is 9.51. The summed E-state index contributed by atoms with van der Waals surface area (Å²) in [5, 5.41) is 2.76. The van der Waals surface area contributed by atoms with Crippen molar-refractivity contribution in [1.82, 2.24) is 0 Å². The smallest absolute Gasteiger partial charge is 0.412 e. The topological polar surface area (TPSA) is 81.7 Å². The van der Waals surface area contributed by atoms with E-state index in [2.05, 4.69) is 5.32 Å². The minimum atomic E-state index is -4.17. The molecule has 0 fully saturated rings. The SMILES string of the molecule is CC(C)c1cccc(C(C)C)c1NC(=O)OCS(=O)(=O)Oc1c(C(C)C)cccc1C(C)C. The highest BCUT2D eigenvalue weighted by atomic mass is 32.2. The summed E-state index contributed by atoms with van der Waals surface area (Å²) >= 11 is 0. The van der Waals surface area contributed by atoms with Crippen LogP contribution in [0.2, 0.25) is 0 Å². The molecule has 6 nitrogen and oxygen atoms in total. The molecule has 2 aromatic rings. The van der Waals surface area contributed by atoms with Crippen LogP contribution in [-0.2, 0) is 14.9 Å². The zero-order chi connectivity index (χ0) is 24.9. The first-order valence-electron chi connectivity index (χ1n) is 11.5. The van der Waals surface area contributed by atoms with Gasteiger partial charge in [0, 0.05) is 0 Å². The Morgan fingerprint density at radius 2 is 1.15 bits per heavy atom. The Labute approximate surface area is 198 Å². The van der Waals surface area contributed by atoms with Crippen molar-refractivity contribution >= 4 is 21.9 Å². The van der Waals surface area contributed by atoms with Crippen molar-refractivity contribution in [3.8, 4) is 5.75 Å². The fourth-order valence-electron chi connectivity index (χ4n) is 3.69. The van der Waals surface area contributed by atoms with Crippen LogP contribution < -0.4 is 9.50 Å². The van der Waals surface area contributed by atoms with E-state index in [1.807, 2.05) is 91.8 Å². The van der Waals surface area contributed by atoms with Gasteiger partial charge in [-0.2, -0.15) is 8.42 Å². The lowest BCUT2D eigenvalue weighted by Gasteiger charge is -2.21. The maximum atomic E-state index is 12.7. The van der Waals surface area contributed by atoms with Crippen molar-refractivity contribution in [3.05, 3.63) is 58.7 Å². The highest BCUT2D eigenvalue weighted by Crippen LogP contribution is 2.36. The fraction of sp³-hybridized carbons (Fsp3) is 0.500. The Bertz CT molecular complexity index is 1020. The molecule has 0 atom stereocenters. The van der Waals surface area contributed by atoms with Gasteiger partial charge in [-0.3, -0.25) is 5.32 Å². The summed E-state index contributed by atoms with van der Waals surface area (Å²) in [7, 11) is -4.17. The van der Waals surface area contributed by atoms with Gasteiger partial charge < -0.3 is 8.92 Å². The molecule has 0 spiro atoms. The number of nitrogens with one attached hydrogen (secondary N) is 1. The van der Waals surface area contributed by atoms with Gasteiger partial charge in [-0.05, 0) is 45.9 Å². The summed E-state index contributed by atoms with van der Waals surface area (Å²) in [6, 6.07) is 11.5. The van der Waals surface area contributed by atoms with E-state index in [9.17, 15) is 13.2 Å². The molecule has 0 unspecified atom stereocenters. The van der Waals surface area contributed by atoms with E-state index in [0.29, 0.717) is 11.4 Å². The van der Waals surface area contributed by atoms with Gasteiger partial charge in [0.1, 0.15) is 5.75 Å². The molecule has 0 aromatic heterocycles. The third kappa shape index (κ3) is 6.97. The van der Waals surface area contributed by atoms with E-state index in [4.69, 9.17) is 8.92 Å². The van der Waals surface area contributed by atoms with Gasteiger partial charge in [0.15, 0.2) is 0 Å². The van der Waals surface area contributed by atoms with Crippen molar-refractivity contribution in [3.63, 3.8) is 0 Å². The average molecular weight is 476 g/mol. The lowest BCUT2D eigenvalue weighted by Crippen LogP contribution is -2.24. The largest absolute Gasteiger partial charge is 0.429 e. The molecule has 0 saturated heterocycles. The highest BCUT2D eigenvalue weighted by Gasteiger charge is 2.24. The maximum Gasteiger partial charge on any atom is 0.412 e. The number of para-hydroxylation sites is 2. The monoisotopic (exact) mass is 475 g/mol. The molecule has 0 aliphatic carbocycles. The summed E-state index contributed by atoms with van der Waals surface area (Å²) in [5.74, 6) is -0.0796. The van der Waals surface area contributed by atoms with E-state index < -0.39 is 22.2 Å². The maximum absolute atomic E-state index is 12.7. The van der Waals surface area contributed by atoms with Crippen LogP contribution in [0, 0.1) is 0 Å². The molecule has 0 aliphatic rings. The fourth-order valence-corrected chi connectivity index (χ4v) is 4.44. The van der Waals surface area contributed by atoms with Gasteiger partial charge in [-0.1, -0.05) is 91.8 Å². The molecular weight excluding hydrogens is 438 g/mol. The van der Waals surface area contributed by atoms with E-state index in [-0.39, 0.29) is 23.7 Å². The van der Waals surface area contributed by atoms with Crippen LogP contribution in [0.3, 0.4) is 0 Å². The third-order valence-electron chi connectivity index (χ3n) is 5.46. The number of carbonyl (C=O) groups excluding carboxylic acids is 1. The number of anilines is 1. The van der Waals surface area contributed by atoms with Crippen LogP contribution >= 0.6 is 0 Å². The first-order valence-corrected chi connectivity index (χ1v) is 13.0. The number of rotatable bonds is 9. The summed E-state index contributed by atoms with van der Waals surface area (Å²) < 4.78 is 36.0. The standard InChI is InChI=1S/C26H37NO5S/c1-16(2)20-11-9-12-21(17(3)4)24(20)27-26(28)31-15-33(29,30)32-25-22(18(5)6)13-10-14-23(25)19(7)8/h9-14,16-19H,15H2,1-8H3,(H,27,28). The first-order chi connectivity index (χ1) is 15.3. The Morgan fingerprint density at radius 1 is 0.758 bits per heavy atom. The van der Waals surface area contributed by atoms with E-state index >= 15 is 0 Å². The van der Waals surface area contributed by atoms with Gasteiger partial charge in [0.2, 0.25) is 5.94 Å². The van der Waals surface area contributed by atoms with Gasteiger partial charge in [0.25, 0.3) is 0 Å². The van der Waals surface area contributed by atoms with E-state index in [0.717, 1.165) is 22.3 Å². The second kappa shape index (κ2) is 11.1. The normalized spacial score (nSPS) is 12.0. The summed E-state index contributed by atoms with van der Waals surface area (Å²) in [5.41, 5.74) is 4.18. The quantitative estimate of drug-likeness (QED) is 0.391. The number of ether oxygens (including phenoxy) is 1. The molecule has 1 amide bonds. The minimum absolute atomic E-state index is 0.0695. The molecule has 0 heterocycles. The Hall–Kier alpha value is -2.54. The molecule has 2 rings (SSSR count). The van der Waals surface area contributed by atoms with Crippen LogP contribution in [0.4, 0.5) is 10.5 Å². The summed E-state index contributed by atoms with van der Waals surface area (Å²) in [6.45, 7) is 16.0. The predicted molar refractivity (Wildman–Crippen MR) is 134 cm³/mol. The zero-order valence-electron chi connectivity index (χ0n) is 20.9. The van der Waals surface area contributed by atoms with Crippen LogP contribution in [-0.4, -0.2) is 20.4 Å². The minimum Gasteiger partial charge on any atom is -0.429 e. The average Bonchev–Trinajstić information content (AvgIpc) is 2.71. The number of hydrogen-bond donors (Lipinski definition) is 1. The lowest BCUT2D eigenvalue weighted by molar-refractivity contribution is 0.177. The Kier molecular flexibility index (Phi) is 8.95. The number of carbonyl (C=O) groups is 1. The molecule has 33 heavy (non-hydrogen) atoms. The van der Waals surface area contributed by atoms with Gasteiger partial charge in [0.05, 0.1) is 5.69 Å². The molecule has 0 saturated carbocycles. The lowest BCUT2D eigenvalue weighted by atomic mass is 9.93. The molecule has 182 valence electrons. The van der Waals surface area contributed by atoms with E-state index in [1.54, 1.807) is 0 Å². The van der Waals surface area contributed by atoms with Gasteiger partial charge in [-0.15, -0.1) is 0 Å². The van der Waals surface area contributed by atoms with Crippen LogP contribution in [0.25, 0.3) is 0 Å². The summed E-state index contributed by atoms with van der Waals surface area (Å²) in [6.07, 6.45) is -0.835. The first kappa shape index (κ1) is 26.7. The molecule has 1 N–H and O–H groups in total. The van der Waals surface area contributed by atoms with Crippen LogP contribution in [0.1, 0.15) is 101 Å². The van der Waals surface area contributed by atoms with E-state index in [1.165, 1.54) is 0 Å². The predicted octanol–water partition coefficient (Wildman–Crippen LogP) is 7.10. The molecule has 7 heteroatoms. The number of amides is 1. The van der Waals surface area contributed by atoms with Crippen molar-refractivity contribution in [2.45, 2.75) is 79.1 Å². The molecule has 0 radical (unpaired) electrons. The van der Waals surface area contributed by atoms with Crippen LogP contribution in [0.15, 0.2) is 36.4 Å². The van der Waals surface area contributed by atoms with Gasteiger partial charge >= 0.3 is 16.2 Å². The zero-order valence-corrected chi connectivity index (χ0v) is 21.7. The Morgan fingerprint density at radius 3 is 1.55 bits per heavy atom. The second-order valence-corrected chi connectivity index (χ2v) is 11.0. The highest BCUT2D eigenvalue weighted by molar-refractivity contribution is 7.86. The third-order valence-corrected chi connectivity index (χ3v) is 6.29. The number of benzene rings is 2. The Balaban J connectivity index is 2.21. The summed E-state index contributed by atoms with van der Waals surface area (Å²) in [4.78, 5) is 12.6. The van der Waals surface area contributed by atoms with Crippen LogP contribution in [0.5, 0.6) is 5.75 Å². The van der Waals surface area contributed by atoms with Crippen molar-refractivity contribution in [1.29, 1.82) is 0 Å². The number of hydrogen-bond acceptors (Lipinski definition) is 5. The van der Waals surface area contributed by atoms with Gasteiger partial charge in [-0.25, -0.2) is 4.79 Å². The molecule has 0 bridgehead atoms. The van der Waals surface area contributed by atoms with Crippen molar-refractivity contribution in [2.75, 3.05) is 11.3 Å². The molecular formula is C26H37NO5S. The molecule has 0 aliphatic heterocycles. The molecule has 2 aromatic carbocycles. The van der Waals surface area contributed by atoms with Crippen molar-refractivity contribution < 1.29 is 22.1 Å². The van der Waals surface area contributed by atoms with Crippen molar-refractivity contribution in [2.24, 2.45) is 0 Å².